The molecule has 1 aliphatic heterocycles. The first-order valence-electron chi connectivity index (χ1n) is 11.9. The van der Waals surface area contributed by atoms with Gasteiger partial charge in [0.2, 0.25) is 5.91 Å². The number of amides is 1. The number of nitrogens with one attached hydrogen (secondary N) is 1. The minimum absolute atomic E-state index is 0.0719. The average Bonchev–Trinajstić information content (AvgIpc) is 3.15. The van der Waals surface area contributed by atoms with Gasteiger partial charge in [0.1, 0.15) is 11.8 Å². The van der Waals surface area contributed by atoms with Gasteiger partial charge in [-0.15, -0.1) is 0 Å². The lowest BCUT2D eigenvalue weighted by Gasteiger charge is -2.56. The number of aliphatic carboxylic acids is 1. The Hall–Kier alpha value is -3.15. The Balaban J connectivity index is 1.62. The number of aliphatic hydroxyl groups is 2. The van der Waals surface area contributed by atoms with E-state index in [2.05, 4.69) is 10.2 Å². The Labute approximate surface area is 208 Å². The summed E-state index contributed by atoms with van der Waals surface area (Å²) in [6, 6.07) is 1.98. The number of aliphatic hydroxyl groups excluding tert-OH is 1. The van der Waals surface area contributed by atoms with Gasteiger partial charge in [-0.3, -0.25) is 4.79 Å². The number of benzene rings is 1. The maximum Gasteiger partial charge on any atom is 0.333 e. The molecule has 4 rings (SSSR count). The number of hydrogen-bond acceptors (Lipinski definition) is 9. The van der Waals surface area contributed by atoms with Crippen molar-refractivity contribution < 1.29 is 44.3 Å². The van der Waals surface area contributed by atoms with Crippen molar-refractivity contribution in [3.8, 4) is 11.5 Å². The van der Waals surface area contributed by atoms with Crippen LogP contribution >= 0.6 is 0 Å². The molecule has 0 bridgehead atoms. The molecule has 3 aliphatic rings. The molecule has 1 amide bonds. The second-order valence-corrected chi connectivity index (χ2v) is 9.94. The molecule has 0 radical (unpaired) electrons. The molecule has 2 aliphatic carbocycles. The van der Waals surface area contributed by atoms with Gasteiger partial charge in [-0.1, -0.05) is 13.0 Å². The Morgan fingerprint density at radius 1 is 1.33 bits per heavy atom. The smallest absolute Gasteiger partial charge is 0.333 e. The lowest BCUT2D eigenvalue weighted by Crippen LogP contribution is -2.69. The SMILES string of the molecule is CCN(C)[C@@H]1Cc2ccc(O)c3c2[C@@]2(C)[C@@H](O3)C(OC(=O)[C@H](C)NC(=O)C[C@H](O)C(=O)O)=CC[C@@]12O. The van der Waals surface area contributed by atoms with Gasteiger partial charge in [0.15, 0.2) is 23.7 Å². The maximum atomic E-state index is 12.8. The Morgan fingerprint density at radius 2 is 2.03 bits per heavy atom. The summed E-state index contributed by atoms with van der Waals surface area (Å²) < 4.78 is 11.8. The number of hydrogen-bond donors (Lipinski definition) is 5. The van der Waals surface area contributed by atoms with E-state index in [1.54, 1.807) is 12.1 Å². The summed E-state index contributed by atoms with van der Waals surface area (Å²) in [5.74, 6) is -2.87. The minimum Gasteiger partial charge on any atom is -0.504 e. The maximum absolute atomic E-state index is 12.8. The predicted octanol–water partition coefficient (Wildman–Crippen LogP) is 0.190. The quantitative estimate of drug-likeness (QED) is 0.309. The highest BCUT2D eigenvalue weighted by Gasteiger charge is 2.68. The molecule has 11 heteroatoms. The van der Waals surface area contributed by atoms with Crippen LogP contribution in [0.25, 0.3) is 0 Å². The van der Waals surface area contributed by atoms with Crippen LogP contribution in [-0.4, -0.2) is 86.7 Å². The largest absolute Gasteiger partial charge is 0.504 e. The van der Waals surface area contributed by atoms with Gasteiger partial charge in [0, 0.05) is 18.0 Å². The monoisotopic (exact) mass is 504 g/mol. The highest BCUT2D eigenvalue weighted by Crippen LogP contribution is 2.62. The average molecular weight is 505 g/mol. The van der Waals surface area contributed by atoms with Crippen molar-refractivity contribution in [2.24, 2.45) is 0 Å². The van der Waals surface area contributed by atoms with E-state index in [0.29, 0.717) is 18.5 Å². The van der Waals surface area contributed by atoms with Gasteiger partial charge in [0.05, 0.1) is 17.4 Å². The zero-order valence-electron chi connectivity index (χ0n) is 20.6. The number of phenolic OH excluding ortho intramolecular Hbond substituents is 1. The Morgan fingerprint density at radius 3 is 2.67 bits per heavy atom. The topological polar surface area (TPSA) is 166 Å². The summed E-state index contributed by atoms with van der Waals surface area (Å²) in [6.07, 6.45) is -1.18. The van der Waals surface area contributed by atoms with E-state index >= 15 is 0 Å². The van der Waals surface area contributed by atoms with E-state index in [0.717, 1.165) is 5.56 Å². The van der Waals surface area contributed by atoms with Gasteiger partial charge >= 0.3 is 11.9 Å². The lowest BCUT2D eigenvalue weighted by molar-refractivity contribution is -0.153. The molecule has 11 nitrogen and oxygen atoms in total. The number of carboxylic acid groups (broad SMARTS) is 1. The number of nitrogens with zero attached hydrogens (tertiary/aromatic N) is 1. The number of likely N-dealkylation sites (N-methyl/N-ethyl adjacent to an activating group) is 1. The van der Waals surface area contributed by atoms with E-state index in [1.165, 1.54) is 6.92 Å². The molecule has 0 fully saturated rings. The molecule has 0 saturated heterocycles. The van der Waals surface area contributed by atoms with Crippen molar-refractivity contribution >= 4 is 17.8 Å². The van der Waals surface area contributed by atoms with Crippen LogP contribution in [0.3, 0.4) is 0 Å². The van der Waals surface area contributed by atoms with Crippen LogP contribution in [0.2, 0.25) is 0 Å². The van der Waals surface area contributed by atoms with Crippen molar-refractivity contribution in [2.45, 2.75) is 75.3 Å². The molecule has 0 unspecified atom stereocenters. The summed E-state index contributed by atoms with van der Waals surface area (Å²) in [5.41, 5.74) is -0.683. The van der Waals surface area contributed by atoms with Crippen molar-refractivity contribution in [3.05, 3.63) is 35.1 Å². The second kappa shape index (κ2) is 9.06. The molecular weight excluding hydrogens is 472 g/mol. The van der Waals surface area contributed by atoms with Gasteiger partial charge in [-0.25, -0.2) is 9.59 Å². The number of ether oxygens (including phenoxy) is 2. The lowest BCUT2D eigenvalue weighted by atomic mass is 9.54. The molecule has 6 atom stereocenters. The van der Waals surface area contributed by atoms with Crippen molar-refractivity contribution in [2.75, 3.05) is 13.6 Å². The number of aromatic hydroxyl groups is 1. The highest BCUT2D eigenvalue weighted by molar-refractivity contribution is 5.87. The summed E-state index contributed by atoms with van der Waals surface area (Å²) >= 11 is 0. The number of phenols is 1. The number of rotatable bonds is 8. The minimum atomic E-state index is -1.89. The molecule has 36 heavy (non-hydrogen) atoms. The molecule has 0 aromatic heterocycles. The number of carbonyl (C=O) groups is 3. The molecule has 5 N–H and O–H groups in total. The highest BCUT2D eigenvalue weighted by atomic mass is 16.6. The van der Waals surface area contributed by atoms with Crippen LogP contribution < -0.4 is 10.1 Å². The van der Waals surface area contributed by atoms with E-state index in [9.17, 15) is 29.7 Å². The first-order chi connectivity index (χ1) is 16.8. The first kappa shape index (κ1) is 25.9. The Bertz CT molecular complexity index is 1130. The standard InChI is InChI=1S/C25H32N2O9/c1-5-27(4)17-10-13-6-7-14(28)20-19(13)24(3)21(36-20)16(8-9-25(17,24)34)35-23(33)12(2)26-18(30)11-15(29)22(31)32/h6-8,12,15,17,21,28-29,34H,5,9-11H2,1-4H3,(H,26,30)(H,31,32)/t12-,15-,17+,21-,24-,25+/m0/s1. The van der Waals surface area contributed by atoms with Crippen molar-refractivity contribution in [1.82, 2.24) is 10.2 Å². The van der Waals surface area contributed by atoms with Crippen LogP contribution in [-0.2, 0) is 31.0 Å². The third-order valence-electron chi connectivity index (χ3n) is 7.88. The van der Waals surface area contributed by atoms with Crippen molar-refractivity contribution in [3.63, 3.8) is 0 Å². The molecule has 196 valence electrons. The zero-order chi connectivity index (χ0) is 26.6. The van der Waals surface area contributed by atoms with Gasteiger partial charge in [-0.05, 0) is 51.6 Å². The second-order valence-electron chi connectivity index (χ2n) is 9.94. The number of carbonyl (C=O) groups excluding carboxylic acids is 2. The third-order valence-corrected chi connectivity index (χ3v) is 7.88. The van der Waals surface area contributed by atoms with Crippen LogP contribution in [0, 0.1) is 0 Å². The molecule has 1 aromatic rings. The van der Waals surface area contributed by atoms with Gasteiger partial charge in [0.25, 0.3) is 0 Å². The Kier molecular flexibility index (Phi) is 6.52. The van der Waals surface area contributed by atoms with E-state index in [1.807, 2.05) is 27.0 Å². The number of carboxylic acids is 1. The first-order valence-corrected chi connectivity index (χ1v) is 11.9. The molecule has 0 spiro atoms. The third kappa shape index (κ3) is 3.82. The van der Waals surface area contributed by atoms with Gasteiger partial charge < -0.3 is 40.1 Å². The van der Waals surface area contributed by atoms with Crippen LogP contribution in [0.4, 0.5) is 0 Å². The van der Waals surface area contributed by atoms with E-state index in [-0.39, 0.29) is 29.7 Å². The van der Waals surface area contributed by atoms with Gasteiger partial charge in [-0.2, -0.15) is 0 Å². The molecule has 1 heterocycles. The summed E-state index contributed by atoms with van der Waals surface area (Å²) in [7, 11) is 1.94. The van der Waals surface area contributed by atoms with Crippen molar-refractivity contribution in [1.29, 1.82) is 0 Å². The van der Waals surface area contributed by atoms with Crippen LogP contribution in [0.15, 0.2) is 24.0 Å². The fourth-order valence-electron chi connectivity index (χ4n) is 5.72. The molecular formula is C25H32N2O9. The number of esters is 1. The van der Waals surface area contributed by atoms with Crippen LogP contribution in [0.1, 0.15) is 44.7 Å². The normalized spacial score (nSPS) is 29.5. The van der Waals surface area contributed by atoms with E-state index < -0.39 is 53.5 Å². The predicted molar refractivity (Wildman–Crippen MR) is 125 cm³/mol. The molecule has 0 saturated carbocycles. The fraction of sp³-hybridized carbons (Fsp3) is 0.560. The van der Waals surface area contributed by atoms with Crippen LogP contribution in [0.5, 0.6) is 11.5 Å². The summed E-state index contributed by atoms with van der Waals surface area (Å²) in [6.45, 7) is 5.93. The fourth-order valence-corrected chi connectivity index (χ4v) is 5.72. The van der Waals surface area contributed by atoms with E-state index in [4.69, 9.17) is 14.6 Å². The zero-order valence-corrected chi connectivity index (χ0v) is 20.6. The summed E-state index contributed by atoms with van der Waals surface area (Å²) in [4.78, 5) is 37.6. The molecule has 1 aromatic carbocycles. The summed E-state index contributed by atoms with van der Waals surface area (Å²) in [5, 5.41) is 43.1.